The van der Waals surface area contributed by atoms with Gasteiger partial charge in [0, 0.05) is 43.1 Å². The second-order valence-corrected chi connectivity index (χ2v) is 6.18. The third-order valence-corrected chi connectivity index (χ3v) is 4.24. The van der Waals surface area contributed by atoms with Crippen LogP contribution in [-0.2, 0) is 19.6 Å². The lowest BCUT2D eigenvalue weighted by molar-refractivity contribution is -0.159. The predicted molar refractivity (Wildman–Crippen MR) is 95.4 cm³/mol. The van der Waals surface area contributed by atoms with Gasteiger partial charge in [0.2, 0.25) is 11.8 Å². The molecule has 0 aliphatic carbocycles. The van der Waals surface area contributed by atoms with E-state index in [2.05, 4.69) is 52.8 Å². The zero-order valence-corrected chi connectivity index (χ0v) is 14.7. The van der Waals surface area contributed by atoms with Crippen LogP contribution in [0.3, 0.4) is 0 Å². The lowest BCUT2D eigenvalue weighted by atomic mass is 10.1. The number of nitrogens with one attached hydrogen (secondary N) is 1. The molecule has 144 valence electrons. The summed E-state index contributed by atoms with van der Waals surface area (Å²) in [5, 5.41) is 7.60. The maximum absolute atomic E-state index is 12.5. The number of aromatic nitrogens is 5. The lowest BCUT2D eigenvalue weighted by Crippen LogP contribution is -2.07. The van der Waals surface area contributed by atoms with Crippen LogP contribution < -0.4 is 5.32 Å². The smallest absolute Gasteiger partial charge is 0.354 e. The molecule has 0 unspecified atom stereocenters. The largest absolute Gasteiger partial charge is 0.471 e. The van der Waals surface area contributed by atoms with E-state index < -0.39 is 12.1 Å². The van der Waals surface area contributed by atoms with Gasteiger partial charge in [0.1, 0.15) is 0 Å². The Labute approximate surface area is 157 Å². The van der Waals surface area contributed by atoms with Crippen LogP contribution in [0.5, 0.6) is 0 Å². The average Bonchev–Trinajstić information content (AvgIpc) is 3.29. The Morgan fingerprint density at radius 2 is 1.89 bits per heavy atom. The maximum Gasteiger partial charge on any atom is 0.471 e. The van der Waals surface area contributed by atoms with Crippen LogP contribution in [0, 0.1) is 0 Å². The van der Waals surface area contributed by atoms with Gasteiger partial charge in [-0.3, -0.25) is 0 Å². The van der Waals surface area contributed by atoms with Gasteiger partial charge < -0.3 is 14.4 Å². The molecule has 0 aliphatic rings. The summed E-state index contributed by atoms with van der Waals surface area (Å²) in [7, 11) is 2.00. The Kier molecular flexibility index (Phi) is 4.46. The molecular formula is C18H15F3N6O. The fourth-order valence-corrected chi connectivity index (χ4v) is 2.92. The number of hydrogen-bond acceptors (Lipinski definition) is 6. The summed E-state index contributed by atoms with van der Waals surface area (Å²) in [4.78, 5) is 11.5. The molecule has 0 amide bonds. The molecule has 0 bridgehead atoms. The van der Waals surface area contributed by atoms with E-state index >= 15 is 0 Å². The average molecular weight is 388 g/mol. The van der Waals surface area contributed by atoms with Crippen LogP contribution in [0.4, 0.5) is 19.1 Å². The Morgan fingerprint density at radius 3 is 2.61 bits per heavy atom. The minimum atomic E-state index is -4.69. The Balaban J connectivity index is 1.40. The quantitative estimate of drug-likeness (QED) is 0.562. The summed E-state index contributed by atoms with van der Waals surface area (Å²) >= 11 is 0. The molecule has 3 heterocycles. The summed E-state index contributed by atoms with van der Waals surface area (Å²) in [6.07, 6.45) is 0.864. The second kappa shape index (κ2) is 6.95. The number of anilines is 1. The normalized spacial score (nSPS) is 11.9. The molecular weight excluding hydrogens is 373 g/mol. The summed E-state index contributed by atoms with van der Waals surface area (Å²) in [5.41, 5.74) is 2.60. The van der Waals surface area contributed by atoms with Gasteiger partial charge in [0.15, 0.2) is 0 Å². The lowest BCUT2D eigenvalue weighted by Gasteiger charge is -2.04. The van der Waals surface area contributed by atoms with Gasteiger partial charge in [-0.25, -0.2) is 9.97 Å². The van der Waals surface area contributed by atoms with Gasteiger partial charge in [-0.1, -0.05) is 23.4 Å². The fraction of sp³-hybridized carbons (Fsp3) is 0.222. The first-order valence-electron chi connectivity index (χ1n) is 8.42. The SMILES string of the molecule is Cn1cc(CCNc2ncc(-c3noc(C(F)(F)F)n3)cn2)c2ccccc21. The molecule has 0 saturated carbocycles. The van der Waals surface area contributed by atoms with Crippen molar-refractivity contribution in [2.75, 3.05) is 11.9 Å². The minimum absolute atomic E-state index is 0.213. The highest BCUT2D eigenvalue weighted by Crippen LogP contribution is 2.29. The fourth-order valence-electron chi connectivity index (χ4n) is 2.92. The van der Waals surface area contributed by atoms with E-state index in [1.165, 1.54) is 23.3 Å². The highest BCUT2D eigenvalue weighted by Gasteiger charge is 2.38. The third kappa shape index (κ3) is 3.53. The van der Waals surface area contributed by atoms with E-state index in [1.807, 2.05) is 19.2 Å². The predicted octanol–water partition coefficient (Wildman–Crippen LogP) is 3.69. The molecule has 0 atom stereocenters. The number of rotatable bonds is 5. The molecule has 0 radical (unpaired) electrons. The van der Waals surface area contributed by atoms with E-state index in [-0.39, 0.29) is 11.4 Å². The second-order valence-electron chi connectivity index (χ2n) is 6.18. The van der Waals surface area contributed by atoms with Crippen molar-refractivity contribution in [3.63, 3.8) is 0 Å². The number of fused-ring (bicyclic) bond motifs is 1. The number of halogens is 3. The summed E-state index contributed by atoms with van der Waals surface area (Å²) in [6.45, 7) is 0.605. The third-order valence-electron chi connectivity index (χ3n) is 4.24. The van der Waals surface area contributed by atoms with Crippen molar-refractivity contribution in [3.8, 4) is 11.4 Å². The van der Waals surface area contributed by atoms with Crippen LogP contribution in [0.1, 0.15) is 11.5 Å². The number of benzene rings is 1. The molecule has 7 nitrogen and oxygen atoms in total. The van der Waals surface area contributed by atoms with Gasteiger partial charge in [0.05, 0.1) is 5.56 Å². The van der Waals surface area contributed by atoms with Crippen molar-refractivity contribution in [2.24, 2.45) is 7.05 Å². The van der Waals surface area contributed by atoms with E-state index in [4.69, 9.17) is 0 Å². The van der Waals surface area contributed by atoms with Gasteiger partial charge in [-0.15, -0.1) is 0 Å². The molecule has 1 aromatic carbocycles. The highest BCUT2D eigenvalue weighted by molar-refractivity contribution is 5.83. The standard InChI is InChI=1S/C18H15F3N6O/c1-27-10-11(13-4-2-3-5-14(13)27)6-7-22-17-23-8-12(9-24-17)15-25-16(28-26-15)18(19,20)21/h2-5,8-10H,6-7H2,1H3,(H,22,23,24). The summed E-state index contributed by atoms with van der Waals surface area (Å²) in [5.74, 6) is -1.25. The molecule has 0 aliphatic heterocycles. The Morgan fingerprint density at radius 1 is 1.14 bits per heavy atom. The molecule has 4 rings (SSSR count). The van der Waals surface area contributed by atoms with Crippen LogP contribution in [0.2, 0.25) is 0 Å². The molecule has 4 aromatic rings. The number of aryl methyl sites for hydroxylation is 1. The van der Waals surface area contributed by atoms with E-state index in [0.29, 0.717) is 12.5 Å². The number of hydrogen-bond donors (Lipinski definition) is 1. The highest BCUT2D eigenvalue weighted by atomic mass is 19.4. The zero-order chi connectivity index (χ0) is 19.7. The Hall–Kier alpha value is -3.43. The molecule has 0 fully saturated rings. The molecule has 28 heavy (non-hydrogen) atoms. The van der Waals surface area contributed by atoms with Crippen LogP contribution in [-0.4, -0.2) is 31.2 Å². The molecule has 0 spiro atoms. The van der Waals surface area contributed by atoms with Crippen molar-refractivity contribution in [1.82, 2.24) is 24.7 Å². The number of alkyl halides is 3. The molecule has 0 saturated heterocycles. The van der Waals surface area contributed by atoms with Gasteiger partial charge in [-0.2, -0.15) is 18.2 Å². The van der Waals surface area contributed by atoms with Crippen molar-refractivity contribution in [2.45, 2.75) is 12.6 Å². The molecule has 1 N–H and O–H groups in total. The van der Waals surface area contributed by atoms with Gasteiger partial charge in [0.25, 0.3) is 0 Å². The number of nitrogens with zero attached hydrogens (tertiary/aromatic N) is 5. The first-order valence-corrected chi connectivity index (χ1v) is 8.42. The summed E-state index contributed by atoms with van der Waals surface area (Å²) in [6, 6.07) is 8.15. The maximum atomic E-state index is 12.5. The van der Waals surface area contributed by atoms with E-state index in [9.17, 15) is 13.2 Å². The number of para-hydroxylation sites is 1. The Bertz CT molecular complexity index is 1100. The minimum Gasteiger partial charge on any atom is -0.354 e. The topological polar surface area (TPSA) is 81.7 Å². The van der Waals surface area contributed by atoms with E-state index in [1.54, 1.807) is 0 Å². The van der Waals surface area contributed by atoms with Gasteiger partial charge >= 0.3 is 12.1 Å². The van der Waals surface area contributed by atoms with Crippen LogP contribution in [0.25, 0.3) is 22.3 Å². The molecule has 3 aromatic heterocycles. The first kappa shape index (κ1) is 18.0. The van der Waals surface area contributed by atoms with Crippen LogP contribution >= 0.6 is 0 Å². The van der Waals surface area contributed by atoms with E-state index in [0.717, 1.165) is 11.9 Å². The van der Waals surface area contributed by atoms with Gasteiger partial charge in [-0.05, 0) is 18.1 Å². The molecule has 10 heteroatoms. The van der Waals surface area contributed by atoms with Crippen molar-refractivity contribution in [3.05, 3.63) is 54.3 Å². The summed E-state index contributed by atoms with van der Waals surface area (Å²) < 4.78 is 43.8. The van der Waals surface area contributed by atoms with Crippen molar-refractivity contribution in [1.29, 1.82) is 0 Å². The zero-order valence-electron chi connectivity index (χ0n) is 14.7. The van der Waals surface area contributed by atoms with Crippen molar-refractivity contribution >= 4 is 16.9 Å². The monoisotopic (exact) mass is 388 g/mol. The first-order chi connectivity index (χ1) is 13.4. The van der Waals surface area contributed by atoms with Crippen LogP contribution in [0.15, 0.2) is 47.4 Å². The van der Waals surface area contributed by atoms with Crippen molar-refractivity contribution < 1.29 is 17.7 Å².